The quantitative estimate of drug-likeness (QED) is 0.553. The molecule has 2 amide bonds. The maximum atomic E-state index is 12.3. The average molecular weight is 351 g/mol. The molecule has 0 aliphatic rings. The Bertz CT molecular complexity index is 631. The number of amides is 2. The summed E-state index contributed by atoms with van der Waals surface area (Å²) < 4.78 is 4.86. The molecule has 1 atom stereocenters. The fraction of sp³-hybridized carbons (Fsp3) is 0.529. The van der Waals surface area contributed by atoms with E-state index in [0.29, 0.717) is 17.9 Å². The number of carbonyl (C=O) groups is 2. The molecule has 0 radical (unpaired) electrons. The fourth-order valence-electron chi connectivity index (χ4n) is 2.37. The van der Waals surface area contributed by atoms with Gasteiger partial charge in [0.1, 0.15) is 0 Å². The van der Waals surface area contributed by atoms with Gasteiger partial charge in [0.15, 0.2) is 0 Å². The summed E-state index contributed by atoms with van der Waals surface area (Å²) in [6.45, 7) is 7.80. The highest BCUT2D eigenvalue weighted by atomic mass is 16.6. The number of ether oxygens (including phenoxy) is 1. The first-order valence-electron chi connectivity index (χ1n) is 8.21. The minimum absolute atomic E-state index is 0.101. The number of rotatable bonds is 8. The molecule has 0 aliphatic carbocycles. The predicted molar refractivity (Wildman–Crippen MR) is 93.6 cm³/mol. The largest absolute Gasteiger partial charge is 0.450 e. The predicted octanol–water partition coefficient (Wildman–Crippen LogP) is 2.79. The molecule has 0 aliphatic heterocycles. The molecular weight excluding hydrogens is 326 g/mol. The van der Waals surface area contributed by atoms with Gasteiger partial charge in [0.25, 0.3) is 11.6 Å². The van der Waals surface area contributed by atoms with Crippen LogP contribution in [0.4, 0.5) is 10.5 Å². The smallest absolute Gasteiger partial charge is 0.407 e. The fourth-order valence-corrected chi connectivity index (χ4v) is 2.37. The molecule has 2 N–H and O–H groups in total. The highest BCUT2D eigenvalue weighted by molar-refractivity contribution is 5.95. The number of nitrogens with one attached hydrogen (secondary N) is 2. The Morgan fingerprint density at radius 2 is 2.00 bits per heavy atom. The molecule has 1 unspecified atom stereocenters. The van der Waals surface area contributed by atoms with E-state index in [0.717, 1.165) is 0 Å². The minimum Gasteiger partial charge on any atom is -0.450 e. The molecule has 1 rings (SSSR count). The summed E-state index contributed by atoms with van der Waals surface area (Å²) in [7, 11) is 0. The third-order valence-corrected chi connectivity index (χ3v) is 3.53. The highest BCUT2D eigenvalue weighted by Crippen LogP contribution is 2.19. The molecule has 0 heterocycles. The summed E-state index contributed by atoms with van der Waals surface area (Å²) in [6.07, 6.45) is 0.126. The van der Waals surface area contributed by atoms with E-state index in [2.05, 4.69) is 10.6 Å². The lowest BCUT2D eigenvalue weighted by atomic mass is 10.0. The van der Waals surface area contributed by atoms with Gasteiger partial charge in [-0.2, -0.15) is 0 Å². The van der Waals surface area contributed by atoms with E-state index in [9.17, 15) is 19.7 Å². The molecule has 0 bridgehead atoms. The SMILES string of the molecule is CCOC(=O)NC(CNC(=O)c1ccc(C)c([N+](=O)[O-])c1)CC(C)C. The van der Waals surface area contributed by atoms with Crippen molar-refractivity contribution < 1.29 is 19.2 Å². The number of nitrogens with zero attached hydrogens (tertiary/aromatic N) is 1. The summed E-state index contributed by atoms with van der Waals surface area (Å²) in [6, 6.07) is 4.04. The molecule has 8 heteroatoms. The van der Waals surface area contributed by atoms with Gasteiger partial charge < -0.3 is 15.4 Å². The van der Waals surface area contributed by atoms with Gasteiger partial charge in [-0.15, -0.1) is 0 Å². The third kappa shape index (κ3) is 6.78. The molecule has 0 spiro atoms. The first-order valence-corrected chi connectivity index (χ1v) is 8.21. The van der Waals surface area contributed by atoms with Gasteiger partial charge in [-0.25, -0.2) is 4.79 Å². The van der Waals surface area contributed by atoms with Crippen LogP contribution >= 0.6 is 0 Å². The Labute approximate surface area is 147 Å². The molecule has 0 saturated carbocycles. The summed E-state index contributed by atoms with van der Waals surface area (Å²) in [5, 5.41) is 16.4. The average Bonchev–Trinajstić information content (AvgIpc) is 2.52. The van der Waals surface area contributed by atoms with E-state index in [4.69, 9.17) is 4.74 Å². The number of nitro groups is 1. The number of nitro benzene ring substituents is 1. The van der Waals surface area contributed by atoms with E-state index in [1.54, 1.807) is 13.8 Å². The van der Waals surface area contributed by atoms with Crippen LogP contribution in [-0.2, 0) is 4.74 Å². The molecule has 0 fully saturated rings. The van der Waals surface area contributed by atoms with Crippen LogP contribution in [0.2, 0.25) is 0 Å². The maximum Gasteiger partial charge on any atom is 0.407 e. The second-order valence-electron chi connectivity index (χ2n) is 6.16. The molecule has 1 aromatic rings. The van der Waals surface area contributed by atoms with Gasteiger partial charge in [0.2, 0.25) is 0 Å². The second-order valence-corrected chi connectivity index (χ2v) is 6.16. The summed E-state index contributed by atoms with van der Waals surface area (Å²) in [5.74, 6) is -0.119. The Kier molecular flexibility index (Phi) is 7.84. The summed E-state index contributed by atoms with van der Waals surface area (Å²) in [5.41, 5.74) is 0.593. The van der Waals surface area contributed by atoms with Crippen molar-refractivity contribution in [1.82, 2.24) is 10.6 Å². The molecule has 0 saturated heterocycles. The summed E-state index contributed by atoms with van der Waals surface area (Å²) in [4.78, 5) is 34.3. The molecule has 25 heavy (non-hydrogen) atoms. The van der Waals surface area contributed by atoms with Crippen LogP contribution in [0.25, 0.3) is 0 Å². The van der Waals surface area contributed by atoms with Gasteiger partial charge in [-0.05, 0) is 32.3 Å². The number of benzene rings is 1. The monoisotopic (exact) mass is 351 g/mol. The second kappa shape index (κ2) is 9.61. The Balaban J connectivity index is 2.74. The molecule has 1 aromatic carbocycles. The van der Waals surface area contributed by atoms with Crippen molar-refractivity contribution in [3.05, 3.63) is 39.4 Å². The lowest BCUT2D eigenvalue weighted by Gasteiger charge is -2.20. The minimum atomic E-state index is -0.534. The molecule has 0 aromatic heterocycles. The van der Waals surface area contributed by atoms with E-state index in [1.165, 1.54) is 18.2 Å². The highest BCUT2D eigenvalue weighted by Gasteiger charge is 2.18. The number of hydrogen-bond donors (Lipinski definition) is 2. The van der Waals surface area contributed by atoms with Crippen molar-refractivity contribution in [2.75, 3.05) is 13.2 Å². The van der Waals surface area contributed by atoms with E-state index in [-0.39, 0.29) is 30.4 Å². The standard InChI is InChI=1S/C17H25N3O5/c1-5-25-17(22)19-14(8-11(2)3)10-18-16(21)13-7-6-12(4)15(9-13)20(23)24/h6-7,9,11,14H,5,8,10H2,1-4H3,(H,18,21)(H,19,22). The first kappa shape index (κ1) is 20.4. The van der Waals surface area contributed by atoms with Crippen molar-refractivity contribution in [1.29, 1.82) is 0 Å². The normalized spacial score (nSPS) is 11.7. The van der Waals surface area contributed by atoms with Crippen molar-refractivity contribution in [3.8, 4) is 0 Å². The number of carbonyl (C=O) groups excluding carboxylic acids is 2. The van der Waals surface area contributed by atoms with E-state index >= 15 is 0 Å². The maximum absolute atomic E-state index is 12.3. The van der Waals surface area contributed by atoms with Gasteiger partial charge in [-0.3, -0.25) is 14.9 Å². The number of alkyl carbamates (subject to hydrolysis) is 1. The zero-order valence-corrected chi connectivity index (χ0v) is 15.0. The van der Waals surface area contributed by atoms with Crippen LogP contribution in [0.3, 0.4) is 0 Å². The van der Waals surface area contributed by atoms with Gasteiger partial charge in [0.05, 0.1) is 11.5 Å². The van der Waals surface area contributed by atoms with E-state index in [1.807, 2.05) is 13.8 Å². The Hall–Kier alpha value is -2.64. The van der Waals surface area contributed by atoms with Crippen LogP contribution < -0.4 is 10.6 Å². The molecule has 138 valence electrons. The summed E-state index contributed by atoms with van der Waals surface area (Å²) >= 11 is 0. The zero-order valence-electron chi connectivity index (χ0n) is 15.0. The van der Waals surface area contributed by atoms with Crippen molar-refractivity contribution in [2.24, 2.45) is 5.92 Å². The molecular formula is C17H25N3O5. The Morgan fingerprint density at radius 3 is 2.56 bits per heavy atom. The first-order chi connectivity index (χ1) is 11.7. The third-order valence-electron chi connectivity index (χ3n) is 3.53. The molecule has 8 nitrogen and oxygen atoms in total. The number of aryl methyl sites for hydroxylation is 1. The van der Waals surface area contributed by atoms with Crippen molar-refractivity contribution in [3.63, 3.8) is 0 Å². The van der Waals surface area contributed by atoms with Crippen LogP contribution in [0, 0.1) is 23.0 Å². The van der Waals surface area contributed by atoms with E-state index < -0.39 is 16.9 Å². The Morgan fingerprint density at radius 1 is 1.32 bits per heavy atom. The van der Waals surface area contributed by atoms with Crippen molar-refractivity contribution >= 4 is 17.7 Å². The van der Waals surface area contributed by atoms with Crippen LogP contribution in [0.1, 0.15) is 43.1 Å². The van der Waals surface area contributed by atoms with Gasteiger partial charge in [-0.1, -0.05) is 19.9 Å². The van der Waals surface area contributed by atoms with Gasteiger partial charge in [0, 0.05) is 29.8 Å². The van der Waals surface area contributed by atoms with Crippen LogP contribution in [-0.4, -0.2) is 36.1 Å². The topological polar surface area (TPSA) is 111 Å². The zero-order chi connectivity index (χ0) is 19.0. The number of hydrogen-bond acceptors (Lipinski definition) is 5. The lowest BCUT2D eigenvalue weighted by Crippen LogP contribution is -2.44. The lowest BCUT2D eigenvalue weighted by molar-refractivity contribution is -0.385. The van der Waals surface area contributed by atoms with Crippen LogP contribution in [0.5, 0.6) is 0 Å². The van der Waals surface area contributed by atoms with Crippen molar-refractivity contribution in [2.45, 2.75) is 40.2 Å². The van der Waals surface area contributed by atoms with Gasteiger partial charge >= 0.3 is 6.09 Å². The van der Waals surface area contributed by atoms with Crippen LogP contribution in [0.15, 0.2) is 18.2 Å².